The lowest BCUT2D eigenvalue weighted by molar-refractivity contribution is 0.185. The van der Waals surface area contributed by atoms with Gasteiger partial charge in [0.2, 0.25) is 5.88 Å². The summed E-state index contributed by atoms with van der Waals surface area (Å²) in [7, 11) is 1.58. The molecule has 142 valence electrons. The van der Waals surface area contributed by atoms with E-state index in [0.29, 0.717) is 30.2 Å². The van der Waals surface area contributed by atoms with Gasteiger partial charge >= 0.3 is 0 Å². The van der Waals surface area contributed by atoms with E-state index in [1.165, 1.54) is 0 Å². The molecule has 7 heteroatoms. The number of benzene rings is 1. The highest BCUT2D eigenvalue weighted by Gasteiger charge is 2.27. The van der Waals surface area contributed by atoms with Crippen LogP contribution in [0.2, 0.25) is 0 Å². The van der Waals surface area contributed by atoms with Crippen LogP contribution in [0.25, 0.3) is 33.1 Å². The minimum atomic E-state index is -0.167. The molecule has 0 aliphatic carbocycles. The Balaban J connectivity index is 1.95. The Bertz CT molecular complexity index is 1250. The minimum Gasteiger partial charge on any atom is -0.480 e. The third kappa shape index (κ3) is 2.43. The molecule has 3 aromatic heterocycles. The number of hydrogen-bond donors (Lipinski definition) is 1. The number of aromatic amines is 1. The molecular weight excluding hydrogens is 356 g/mol. The van der Waals surface area contributed by atoms with Gasteiger partial charge < -0.3 is 14.5 Å². The zero-order valence-corrected chi connectivity index (χ0v) is 15.7. The fraction of sp³-hybridized carbons (Fsp3) is 0.286. The zero-order valence-electron chi connectivity index (χ0n) is 15.7. The van der Waals surface area contributed by atoms with Crippen LogP contribution in [0.15, 0.2) is 41.3 Å². The summed E-state index contributed by atoms with van der Waals surface area (Å²) >= 11 is 0. The van der Waals surface area contributed by atoms with Crippen molar-refractivity contribution in [2.45, 2.75) is 19.4 Å². The van der Waals surface area contributed by atoms with Gasteiger partial charge in [0.1, 0.15) is 5.69 Å². The van der Waals surface area contributed by atoms with Crippen molar-refractivity contribution in [3.8, 4) is 17.1 Å². The fourth-order valence-corrected chi connectivity index (χ4v) is 4.02. The second-order valence-corrected chi connectivity index (χ2v) is 7.05. The van der Waals surface area contributed by atoms with Crippen LogP contribution in [0.5, 0.6) is 5.88 Å². The Hall–Kier alpha value is -3.19. The third-order valence-electron chi connectivity index (χ3n) is 5.37. The van der Waals surface area contributed by atoms with Crippen molar-refractivity contribution in [1.82, 2.24) is 19.7 Å². The van der Waals surface area contributed by atoms with Crippen LogP contribution < -0.4 is 10.3 Å². The van der Waals surface area contributed by atoms with Gasteiger partial charge in [-0.3, -0.25) is 9.48 Å². The third-order valence-corrected chi connectivity index (χ3v) is 5.37. The highest BCUT2D eigenvalue weighted by atomic mass is 16.5. The molecular formula is C21H20N4O3. The molecule has 1 fully saturated rings. The van der Waals surface area contributed by atoms with Gasteiger partial charge in [-0.05, 0) is 31.0 Å². The van der Waals surface area contributed by atoms with E-state index in [1.54, 1.807) is 13.3 Å². The van der Waals surface area contributed by atoms with E-state index < -0.39 is 0 Å². The number of nitrogens with zero attached hydrogens (tertiary/aromatic N) is 3. The quantitative estimate of drug-likeness (QED) is 0.594. The molecule has 0 amide bonds. The summed E-state index contributed by atoms with van der Waals surface area (Å²) < 4.78 is 13.1. The van der Waals surface area contributed by atoms with E-state index in [1.807, 2.05) is 41.9 Å². The van der Waals surface area contributed by atoms with Crippen LogP contribution >= 0.6 is 0 Å². The number of ether oxygens (including phenoxy) is 2. The molecule has 5 rings (SSSR count). The monoisotopic (exact) mass is 376 g/mol. The first-order valence-electron chi connectivity index (χ1n) is 9.30. The van der Waals surface area contributed by atoms with E-state index in [2.05, 4.69) is 9.97 Å². The van der Waals surface area contributed by atoms with Crippen molar-refractivity contribution >= 4 is 21.8 Å². The molecule has 1 unspecified atom stereocenters. The van der Waals surface area contributed by atoms with Gasteiger partial charge in [-0.15, -0.1) is 0 Å². The van der Waals surface area contributed by atoms with Gasteiger partial charge in [-0.1, -0.05) is 18.2 Å². The van der Waals surface area contributed by atoms with Crippen LogP contribution in [0.4, 0.5) is 0 Å². The van der Waals surface area contributed by atoms with Crippen molar-refractivity contribution in [2.75, 3.05) is 20.3 Å². The normalized spacial score (nSPS) is 16.9. The molecule has 1 aromatic carbocycles. The Labute approximate surface area is 160 Å². The second kappa shape index (κ2) is 6.45. The maximum Gasteiger partial charge on any atom is 0.260 e. The number of nitrogens with one attached hydrogen (secondary N) is 1. The Kier molecular flexibility index (Phi) is 3.91. The number of aryl methyl sites for hydroxylation is 1. The van der Waals surface area contributed by atoms with Gasteiger partial charge in [0.25, 0.3) is 5.56 Å². The average Bonchev–Trinajstić information content (AvgIpc) is 3.36. The van der Waals surface area contributed by atoms with E-state index in [0.717, 1.165) is 34.0 Å². The van der Waals surface area contributed by atoms with E-state index in [-0.39, 0.29) is 11.6 Å². The van der Waals surface area contributed by atoms with Gasteiger partial charge in [-0.25, -0.2) is 4.98 Å². The summed E-state index contributed by atoms with van der Waals surface area (Å²) in [6.45, 7) is 3.25. The van der Waals surface area contributed by atoms with E-state index >= 15 is 0 Å². The second-order valence-electron chi connectivity index (χ2n) is 7.05. The van der Waals surface area contributed by atoms with E-state index in [9.17, 15) is 4.79 Å². The highest BCUT2D eigenvalue weighted by Crippen LogP contribution is 2.37. The number of H-pyrrole nitrogens is 1. The van der Waals surface area contributed by atoms with Crippen molar-refractivity contribution in [1.29, 1.82) is 0 Å². The summed E-state index contributed by atoms with van der Waals surface area (Å²) in [4.78, 5) is 20.5. The van der Waals surface area contributed by atoms with Crippen LogP contribution in [0.1, 0.15) is 18.0 Å². The molecule has 4 heterocycles. The van der Waals surface area contributed by atoms with Gasteiger partial charge in [0.15, 0.2) is 0 Å². The lowest BCUT2D eigenvalue weighted by Crippen LogP contribution is -2.12. The van der Waals surface area contributed by atoms with Gasteiger partial charge in [0.05, 0.1) is 41.7 Å². The Morgan fingerprint density at radius 2 is 2.14 bits per heavy atom. The lowest BCUT2D eigenvalue weighted by Gasteiger charge is -2.11. The molecule has 1 atom stereocenters. The van der Waals surface area contributed by atoms with Gasteiger partial charge in [0, 0.05) is 18.2 Å². The van der Waals surface area contributed by atoms with Crippen molar-refractivity contribution in [3.05, 3.63) is 52.4 Å². The first kappa shape index (κ1) is 16.9. The minimum absolute atomic E-state index is 0.0874. The highest BCUT2D eigenvalue weighted by molar-refractivity contribution is 6.08. The van der Waals surface area contributed by atoms with E-state index in [4.69, 9.17) is 14.6 Å². The first-order chi connectivity index (χ1) is 13.7. The summed E-state index contributed by atoms with van der Waals surface area (Å²) in [5.41, 5.74) is 3.74. The topological polar surface area (TPSA) is 82.0 Å². The molecule has 0 bridgehead atoms. The molecule has 0 saturated carbocycles. The number of methoxy groups -OCH3 is 1. The van der Waals surface area contributed by atoms with Crippen LogP contribution in [-0.2, 0) is 4.74 Å². The number of aromatic nitrogens is 4. The van der Waals surface area contributed by atoms with Crippen molar-refractivity contribution in [3.63, 3.8) is 0 Å². The molecule has 1 aliphatic heterocycles. The average molecular weight is 376 g/mol. The largest absolute Gasteiger partial charge is 0.480 e. The summed E-state index contributed by atoms with van der Waals surface area (Å²) in [6.07, 6.45) is 2.56. The Morgan fingerprint density at radius 3 is 2.93 bits per heavy atom. The fourth-order valence-electron chi connectivity index (χ4n) is 4.02. The molecule has 1 saturated heterocycles. The maximum atomic E-state index is 13.1. The Morgan fingerprint density at radius 1 is 1.29 bits per heavy atom. The van der Waals surface area contributed by atoms with Crippen molar-refractivity contribution in [2.24, 2.45) is 0 Å². The molecule has 1 aliphatic rings. The molecule has 28 heavy (non-hydrogen) atoms. The zero-order chi connectivity index (χ0) is 19.3. The SMILES string of the molecule is COc1nccc(C)c1-c1nn(C2CCOC2)c2c1c(=O)[nH]c1ccccc12. The van der Waals surface area contributed by atoms with Crippen molar-refractivity contribution < 1.29 is 9.47 Å². The van der Waals surface area contributed by atoms with Crippen LogP contribution in [0.3, 0.4) is 0 Å². The first-order valence-corrected chi connectivity index (χ1v) is 9.30. The lowest BCUT2D eigenvalue weighted by atomic mass is 10.0. The molecule has 1 N–H and O–H groups in total. The number of hydrogen-bond acceptors (Lipinski definition) is 5. The molecule has 0 spiro atoms. The standard InChI is InChI=1S/C21H20N4O3/c1-12-7-9-22-21(27-2)16(12)18-17-19(25(24-18)13-8-10-28-11-13)14-5-3-4-6-15(14)23-20(17)26/h3-7,9,13H,8,10-11H2,1-2H3,(H,23,26). The summed E-state index contributed by atoms with van der Waals surface area (Å²) in [5.74, 6) is 0.460. The summed E-state index contributed by atoms with van der Waals surface area (Å²) in [5, 5.41) is 6.44. The predicted octanol–water partition coefficient (Wildman–Crippen LogP) is 3.22. The molecule has 4 aromatic rings. The van der Waals surface area contributed by atoms with Crippen LogP contribution in [-0.4, -0.2) is 40.1 Å². The summed E-state index contributed by atoms with van der Waals surface area (Å²) in [6, 6.07) is 9.80. The predicted molar refractivity (Wildman–Crippen MR) is 107 cm³/mol. The number of pyridine rings is 2. The smallest absolute Gasteiger partial charge is 0.260 e. The molecule has 0 radical (unpaired) electrons. The van der Waals surface area contributed by atoms with Gasteiger partial charge in [-0.2, -0.15) is 5.10 Å². The van der Waals surface area contributed by atoms with Crippen LogP contribution in [0, 0.1) is 6.92 Å². The molecule has 7 nitrogen and oxygen atoms in total. The number of para-hydroxylation sites is 1. The number of fused-ring (bicyclic) bond motifs is 3. The number of rotatable bonds is 3. The maximum absolute atomic E-state index is 13.1.